The number of amides is 3. The molecule has 4 N–H and O–H groups in total. The molecule has 12 heterocycles. The van der Waals surface area contributed by atoms with E-state index >= 15 is 26.3 Å². The van der Waals surface area contributed by atoms with Crippen molar-refractivity contribution in [3.63, 3.8) is 0 Å². The first-order valence-corrected chi connectivity index (χ1v) is 44.6. The highest BCUT2D eigenvalue weighted by molar-refractivity contribution is 6.41. The molecule has 3 amide bonds. The number of phenols is 3. The highest BCUT2D eigenvalue weighted by Crippen LogP contribution is 2.56. The average Bonchev–Trinajstić information content (AvgIpc) is 1.30. The number of pyridine rings is 3. The Bertz CT molecular complexity index is 7050. The van der Waals surface area contributed by atoms with Gasteiger partial charge in [0.05, 0.1) is 128 Å². The van der Waals surface area contributed by atoms with Crippen molar-refractivity contribution >= 4 is 114 Å². The van der Waals surface area contributed by atoms with Crippen LogP contribution in [0.4, 0.5) is 68.3 Å². The smallest absolute Gasteiger partial charge is 0.354 e. The maximum atomic E-state index is 17.1. The molecular weight excluding hydrogens is 1840 g/mol. The van der Waals surface area contributed by atoms with Gasteiger partial charge in [-0.3, -0.25) is 43.0 Å². The number of aromatic nitrogens is 9. The van der Waals surface area contributed by atoms with Crippen molar-refractivity contribution in [2.45, 2.75) is 137 Å². The van der Waals surface area contributed by atoms with Gasteiger partial charge < -0.3 is 59.7 Å². The maximum Gasteiger partial charge on any atom is 0.354 e. The lowest BCUT2D eigenvalue weighted by Gasteiger charge is -2.46. The molecule has 0 saturated carbocycles. The Kier molecular flexibility index (Phi) is 25.6. The number of phenolic OH excluding ortho intramolecular Hbond substituents is 3. The molecule has 6 aromatic heterocycles. The Hall–Kier alpha value is -13.7. The van der Waals surface area contributed by atoms with Crippen LogP contribution in [-0.2, 0) is 14.4 Å². The highest BCUT2D eigenvalue weighted by Gasteiger charge is 2.47. The van der Waals surface area contributed by atoms with Gasteiger partial charge in [-0.05, 0) is 149 Å². The summed E-state index contributed by atoms with van der Waals surface area (Å²) >= 11 is 21.0. The summed E-state index contributed by atoms with van der Waals surface area (Å²) in [5, 5.41) is 34.2. The summed E-state index contributed by atoms with van der Waals surface area (Å²) in [4.78, 5) is 120. The Morgan fingerprint density at radius 3 is 1.15 bits per heavy atom. The fourth-order valence-corrected chi connectivity index (χ4v) is 20.8. The minimum Gasteiger partial charge on any atom is -0.507 e. The Labute approximate surface area is 787 Å². The second-order valence-corrected chi connectivity index (χ2v) is 36.5. The number of hydrogen-bond acceptors (Lipinski definition) is 21. The number of aromatic hydroxyl groups is 3. The number of carbonyl (C=O) groups excluding carboxylic acids is 3. The summed E-state index contributed by atoms with van der Waals surface area (Å²) in [6, 6.07) is 7.29. The molecule has 3 saturated heterocycles. The van der Waals surface area contributed by atoms with Gasteiger partial charge in [0.15, 0.2) is 58.1 Å². The maximum absolute atomic E-state index is 17.1. The molecule has 0 bridgehead atoms. The SMILES string of the molecule is C=CC(=O)N1CC(C)N2c3nc(=O)n(-c4c(C)ccnc4C(C)C)c4c(Cl)c(-c5c(O)ccc(F)c5F)c(F)c(c34)N(C)CC2C1.C=CC(=O)N1CC(C)N2c3nc(=O)n(-c4c(C)ccnc4C(C)C)c4c(Cl)c(-c5c(O)ccc(F)c5F)c(F)c(c34)NCC2C1.C=CC(=O)N1CC(C)N2c3nc(=O)n(-c4c(C)ccnc4C(C)C)c4c(Cl)c(-c5c(O)ccc(F)c5F)c(F)c(c34)OCC2C1. The molecule has 6 aliphatic heterocycles. The Morgan fingerprint density at radius 2 is 0.765 bits per heavy atom. The molecule has 6 atom stereocenters. The number of fused-ring (bicyclic) bond motifs is 6. The van der Waals surface area contributed by atoms with Gasteiger partial charge in [-0.15, -0.1) is 0 Å². The van der Waals surface area contributed by atoms with Crippen LogP contribution in [0, 0.1) is 73.1 Å². The van der Waals surface area contributed by atoms with Crippen molar-refractivity contribution in [1.29, 1.82) is 0 Å². The van der Waals surface area contributed by atoms with Gasteiger partial charge in [0, 0.05) is 113 Å². The quantitative estimate of drug-likeness (QED) is 0.0652. The van der Waals surface area contributed by atoms with Crippen molar-refractivity contribution < 1.29 is 74.0 Å². The summed E-state index contributed by atoms with van der Waals surface area (Å²) in [6.45, 7) is 34.4. The molecule has 12 aromatic rings. The summed E-state index contributed by atoms with van der Waals surface area (Å²) in [5.41, 5.74) is -2.46. The van der Waals surface area contributed by atoms with E-state index in [9.17, 15) is 57.3 Å². The number of halogens is 12. The van der Waals surface area contributed by atoms with E-state index in [1.54, 1.807) is 89.1 Å². The van der Waals surface area contributed by atoms with Crippen LogP contribution in [0.1, 0.15) is 114 Å². The van der Waals surface area contributed by atoms with Crippen molar-refractivity contribution in [3.05, 3.63) is 244 Å². The zero-order valence-corrected chi connectivity index (χ0v) is 78.0. The predicted octanol–water partition coefficient (Wildman–Crippen LogP) is 17.0. The van der Waals surface area contributed by atoms with E-state index in [1.165, 1.54) is 31.9 Å². The Balaban J connectivity index is 0.000000148. The lowest BCUT2D eigenvalue weighted by molar-refractivity contribution is -0.128. The normalized spacial score (nSPS) is 17.8. The van der Waals surface area contributed by atoms with Crippen LogP contribution >= 0.6 is 34.8 Å². The van der Waals surface area contributed by atoms with Gasteiger partial charge in [-0.1, -0.05) is 96.1 Å². The van der Waals surface area contributed by atoms with Gasteiger partial charge in [0.25, 0.3) is 0 Å². The fourth-order valence-electron chi connectivity index (χ4n) is 19.7. The van der Waals surface area contributed by atoms with Gasteiger partial charge >= 0.3 is 17.1 Å². The number of piperazine rings is 3. The number of nitrogens with one attached hydrogen (secondary N) is 1. The van der Waals surface area contributed by atoms with Crippen LogP contribution in [0.2, 0.25) is 15.1 Å². The zero-order valence-electron chi connectivity index (χ0n) is 75.7. The molecular formula is C97H91Cl3F9N17O10. The molecule has 0 aliphatic carbocycles. The lowest BCUT2D eigenvalue weighted by Crippen LogP contribution is -2.61. The third-order valence-corrected chi connectivity index (χ3v) is 26.7. The van der Waals surface area contributed by atoms with Gasteiger partial charge in [-0.25, -0.2) is 53.9 Å². The molecule has 0 spiro atoms. The Morgan fingerprint density at radius 1 is 0.434 bits per heavy atom. The minimum atomic E-state index is -1.54. The lowest BCUT2D eigenvalue weighted by atomic mass is 9.97. The third kappa shape index (κ3) is 15.6. The standard InChI is InChI=1S/C33H32ClF3N6O3.C32H30ClF3N6O3.C32H29ClF3N5O4/c1-7-21(45)41-12-17(5)42-18(14-41)13-40(6)31-24-30(25(34)23(27(31)37)22-20(44)9-8-19(35)26(22)36)43(33(46)39-32(24)42)29-16(4)10-11-38-28(29)15(2)3;1-6-20(44)40-12-16(5)41-17(13-40)11-38-28-23-30(24(33)22(26(28)36)21-19(43)8-7-18(34)25(21)35)42(32(45)39-31(23)41)29-15(4)9-10-37-27(29)14(2)3;1-6-20(43)39-11-16(5)40-17(12-39)13-45-30-23-29(24(33)22(26(30)36)21-19(42)8-7-18(34)25(21)35)41(32(44)38-31(23)40)28-15(4)9-10-37-27(28)14(2)3/h7-11,15,17-18,44H,1,12-14H2,2-6H3;6-10,14,16-17,38,43H,1,11-13H2,2-5H3;6-10,14,16-17,42H,1,11-13H2,2-5H3. The minimum absolute atomic E-state index is 0.00609. The number of carbonyl (C=O) groups is 3. The van der Waals surface area contributed by atoms with E-state index in [1.807, 2.05) is 72.1 Å². The number of ether oxygens (including phenoxy) is 1. The average molecular weight is 1930 g/mol. The summed E-state index contributed by atoms with van der Waals surface area (Å²) in [7, 11) is 1.62. The molecule has 6 aromatic carbocycles. The summed E-state index contributed by atoms with van der Waals surface area (Å²) in [6.07, 6.45) is 8.44. The van der Waals surface area contributed by atoms with Crippen LogP contribution < -0.4 is 46.7 Å². The topological polar surface area (TPSA) is 299 Å². The van der Waals surface area contributed by atoms with Crippen molar-refractivity contribution in [3.8, 4) is 73.4 Å². The van der Waals surface area contributed by atoms with E-state index in [0.29, 0.717) is 56.9 Å². The number of likely N-dealkylation sites (N-methyl/N-ethyl adjacent to an activating group) is 1. The molecule has 0 radical (unpaired) electrons. The number of rotatable bonds is 12. The molecule has 39 heteroatoms. The number of hydrogen-bond donors (Lipinski definition) is 4. The first kappa shape index (κ1) is 95.4. The van der Waals surface area contributed by atoms with E-state index in [0.717, 1.165) is 30.3 Å². The first-order chi connectivity index (χ1) is 64.5. The van der Waals surface area contributed by atoms with Crippen molar-refractivity contribution in [2.24, 2.45) is 0 Å². The third-order valence-electron chi connectivity index (χ3n) is 25.6. The van der Waals surface area contributed by atoms with Gasteiger partial charge in [0.1, 0.15) is 41.3 Å². The van der Waals surface area contributed by atoms with Gasteiger partial charge in [0.2, 0.25) is 17.7 Å². The molecule has 6 unspecified atom stereocenters. The number of benzene rings is 6. The van der Waals surface area contributed by atoms with Crippen LogP contribution in [0.3, 0.4) is 0 Å². The van der Waals surface area contributed by atoms with E-state index in [-0.39, 0.29) is 168 Å². The van der Waals surface area contributed by atoms with Crippen LogP contribution in [0.5, 0.6) is 23.0 Å². The molecule has 708 valence electrons. The van der Waals surface area contributed by atoms with Crippen molar-refractivity contribution in [1.82, 2.24) is 58.3 Å². The summed E-state index contributed by atoms with van der Waals surface area (Å²) in [5.74, 6) is -15.6. The molecule has 3 fully saturated rings. The monoisotopic (exact) mass is 1930 g/mol. The number of anilines is 5. The predicted molar refractivity (Wildman–Crippen MR) is 503 cm³/mol. The highest BCUT2D eigenvalue weighted by atomic mass is 35.5. The van der Waals surface area contributed by atoms with Crippen LogP contribution in [0.25, 0.3) is 83.2 Å². The molecule has 136 heavy (non-hydrogen) atoms. The number of aryl methyl sites for hydroxylation is 3. The second kappa shape index (κ2) is 36.5. The van der Waals surface area contributed by atoms with Crippen LogP contribution in [-0.4, -0.2) is 194 Å². The van der Waals surface area contributed by atoms with E-state index in [4.69, 9.17) is 39.5 Å². The van der Waals surface area contributed by atoms with Gasteiger partial charge in [-0.2, -0.15) is 15.0 Å². The second-order valence-electron chi connectivity index (χ2n) is 35.4. The largest absolute Gasteiger partial charge is 0.507 e. The van der Waals surface area contributed by atoms with E-state index in [2.05, 4.69) is 55.0 Å². The fraction of sp³-hybridized carbons (Fsp3) is 0.320. The zero-order chi connectivity index (χ0) is 98.3. The molecule has 6 aliphatic rings. The summed E-state index contributed by atoms with van der Waals surface area (Å²) < 4.78 is 150. The van der Waals surface area contributed by atoms with E-state index < -0.39 is 165 Å². The molecule has 18 rings (SSSR count). The molecule has 27 nitrogen and oxygen atoms in total. The number of nitrogens with zero attached hydrogens (tertiary/aromatic N) is 16. The van der Waals surface area contributed by atoms with Crippen molar-refractivity contribution in [2.75, 3.05) is 90.9 Å². The first-order valence-electron chi connectivity index (χ1n) is 43.5. The van der Waals surface area contributed by atoms with Crippen LogP contribution in [0.15, 0.2) is 126 Å².